The zero-order chi connectivity index (χ0) is 21.1. The number of thiophene rings is 1. The van der Waals surface area contributed by atoms with E-state index in [1.807, 2.05) is 44.2 Å². The number of amides is 2. The first-order chi connectivity index (χ1) is 13.9. The van der Waals surface area contributed by atoms with Crippen molar-refractivity contribution in [3.05, 3.63) is 51.9 Å². The number of nitrogens with zero attached hydrogens (tertiary/aromatic N) is 1. The van der Waals surface area contributed by atoms with Crippen LogP contribution >= 0.6 is 11.3 Å². The van der Waals surface area contributed by atoms with Gasteiger partial charge in [0.2, 0.25) is 5.91 Å². The molecule has 6 nitrogen and oxygen atoms in total. The molecule has 1 N–H and O–H groups in total. The van der Waals surface area contributed by atoms with E-state index in [1.54, 1.807) is 11.8 Å². The molecule has 154 valence electrons. The van der Waals surface area contributed by atoms with Gasteiger partial charge in [0.25, 0.3) is 5.91 Å². The zero-order valence-electron chi connectivity index (χ0n) is 17.2. The number of hydrogen-bond acceptors (Lipinski definition) is 5. The van der Waals surface area contributed by atoms with E-state index in [9.17, 15) is 14.4 Å². The van der Waals surface area contributed by atoms with Crippen LogP contribution in [0.1, 0.15) is 57.3 Å². The van der Waals surface area contributed by atoms with E-state index in [0.717, 1.165) is 23.3 Å². The van der Waals surface area contributed by atoms with Crippen molar-refractivity contribution >= 4 is 34.1 Å². The number of carbonyl (C=O) groups is 3. The Balaban J connectivity index is 1.85. The van der Waals surface area contributed by atoms with Crippen LogP contribution in [0.5, 0.6) is 0 Å². The quantitative estimate of drug-likeness (QED) is 0.693. The van der Waals surface area contributed by atoms with Crippen LogP contribution < -0.4 is 5.32 Å². The molecule has 1 aliphatic carbocycles. The summed E-state index contributed by atoms with van der Waals surface area (Å²) in [5.74, 6) is -0.769. The van der Waals surface area contributed by atoms with Crippen LogP contribution in [0.2, 0.25) is 0 Å². The smallest absolute Gasteiger partial charge is 0.341 e. The van der Waals surface area contributed by atoms with Gasteiger partial charge in [-0.2, -0.15) is 0 Å². The Labute approximate surface area is 174 Å². The van der Waals surface area contributed by atoms with Gasteiger partial charge in [0.1, 0.15) is 5.00 Å². The van der Waals surface area contributed by atoms with Crippen LogP contribution in [-0.2, 0) is 9.53 Å². The van der Waals surface area contributed by atoms with Crippen molar-refractivity contribution in [3.63, 3.8) is 0 Å². The summed E-state index contributed by atoms with van der Waals surface area (Å²) in [5, 5.41) is 3.27. The third-order valence-corrected chi connectivity index (χ3v) is 6.57. The summed E-state index contributed by atoms with van der Waals surface area (Å²) >= 11 is 1.14. The molecule has 1 aliphatic rings. The summed E-state index contributed by atoms with van der Waals surface area (Å²) in [6, 6.07) is 9.92. The van der Waals surface area contributed by atoms with Gasteiger partial charge in [-0.3, -0.25) is 9.59 Å². The second kappa shape index (κ2) is 8.78. The number of carbonyl (C=O) groups excluding carboxylic acids is 3. The minimum atomic E-state index is -0.553. The van der Waals surface area contributed by atoms with Crippen molar-refractivity contribution in [2.24, 2.45) is 5.92 Å². The number of esters is 1. The second-order valence-electron chi connectivity index (χ2n) is 7.08. The van der Waals surface area contributed by atoms with Crippen LogP contribution in [0, 0.1) is 12.8 Å². The maximum Gasteiger partial charge on any atom is 0.341 e. The van der Waals surface area contributed by atoms with E-state index in [0.29, 0.717) is 28.5 Å². The Kier molecular flexibility index (Phi) is 6.37. The SMILES string of the molecule is CCN(CC)C(=O)c1sc(NC(=O)[C@@H]2C[C@H]2c2ccccc2)c(C(=O)OC)c1C. The predicted octanol–water partition coefficient (Wildman–Crippen LogP) is 4.07. The van der Waals surface area contributed by atoms with Gasteiger partial charge in [-0.1, -0.05) is 30.3 Å². The lowest BCUT2D eigenvalue weighted by atomic mass is 10.1. The number of ether oxygens (including phenoxy) is 1. The van der Waals surface area contributed by atoms with Gasteiger partial charge in [-0.15, -0.1) is 11.3 Å². The van der Waals surface area contributed by atoms with Crippen molar-refractivity contribution in [2.45, 2.75) is 33.1 Å². The normalized spacial score (nSPS) is 17.5. The Bertz CT molecular complexity index is 918. The molecule has 7 heteroatoms. The highest BCUT2D eigenvalue weighted by atomic mass is 32.1. The van der Waals surface area contributed by atoms with E-state index in [-0.39, 0.29) is 29.2 Å². The molecule has 2 aromatic rings. The Morgan fingerprint density at radius 1 is 1.17 bits per heavy atom. The number of methoxy groups -OCH3 is 1. The number of hydrogen-bond donors (Lipinski definition) is 1. The summed E-state index contributed by atoms with van der Waals surface area (Å²) in [6.45, 7) is 6.68. The van der Waals surface area contributed by atoms with E-state index in [4.69, 9.17) is 4.74 Å². The lowest BCUT2D eigenvalue weighted by Gasteiger charge is -2.17. The van der Waals surface area contributed by atoms with Crippen LogP contribution in [0.4, 0.5) is 5.00 Å². The van der Waals surface area contributed by atoms with Crippen molar-refractivity contribution in [1.82, 2.24) is 4.90 Å². The van der Waals surface area contributed by atoms with Gasteiger partial charge in [-0.05, 0) is 44.2 Å². The van der Waals surface area contributed by atoms with Crippen LogP contribution in [-0.4, -0.2) is 42.9 Å². The van der Waals surface area contributed by atoms with Gasteiger partial charge in [0.15, 0.2) is 0 Å². The summed E-state index contributed by atoms with van der Waals surface area (Å²) in [7, 11) is 1.29. The van der Waals surface area contributed by atoms with Crippen molar-refractivity contribution < 1.29 is 19.1 Å². The zero-order valence-corrected chi connectivity index (χ0v) is 18.0. The molecule has 0 saturated heterocycles. The predicted molar refractivity (Wildman–Crippen MR) is 114 cm³/mol. The molecule has 29 heavy (non-hydrogen) atoms. The summed E-state index contributed by atoms with van der Waals surface area (Å²) in [6.07, 6.45) is 0.777. The van der Waals surface area contributed by atoms with E-state index >= 15 is 0 Å². The molecule has 1 heterocycles. The van der Waals surface area contributed by atoms with Gasteiger partial charge in [0, 0.05) is 19.0 Å². The average molecular weight is 415 g/mol. The van der Waals surface area contributed by atoms with Crippen molar-refractivity contribution in [2.75, 3.05) is 25.5 Å². The number of rotatable bonds is 7. The first-order valence-electron chi connectivity index (χ1n) is 9.79. The van der Waals surface area contributed by atoms with Gasteiger partial charge in [-0.25, -0.2) is 4.79 Å². The summed E-state index contributed by atoms with van der Waals surface area (Å²) in [5.41, 5.74) is 1.95. The Morgan fingerprint density at radius 3 is 2.41 bits per heavy atom. The van der Waals surface area contributed by atoms with Gasteiger partial charge in [0.05, 0.1) is 17.6 Å². The highest BCUT2D eigenvalue weighted by molar-refractivity contribution is 7.18. The molecule has 1 aromatic heterocycles. The molecule has 2 atom stereocenters. The topological polar surface area (TPSA) is 75.7 Å². The Hall–Kier alpha value is -2.67. The molecule has 1 fully saturated rings. The minimum Gasteiger partial charge on any atom is -0.465 e. The highest BCUT2D eigenvalue weighted by Crippen LogP contribution is 2.48. The molecule has 0 bridgehead atoms. The molecular weight excluding hydrogens is 388 g/mol. The van der Waals surface area contributed by atoms with Crippen LogP contribution in [0.25, 0.3) is 0 Å². The lowest BCUT2D eigenvalue weighted by Crippen LogP contribution is -2.30. The molecule has 2 amide bonds. The van der Waals surface area contributed by atoms with E-state index in [2.05, 4.69) is 5.32 Å². The van der Waals surface area contributed by atoms with Crippen molar-refractivity contribution in [3.8, 4) is 0 Å². The fraction of sp³-hybridized carbons (Fsp3) is 0.409. The average Bonchev–Trinajstić information content (AvgIpc) is 3.47. The summed E-state index contributed by atoms with van der Waals surface area (Å²) < 4.78 is 4.90. The maximum atomic E-state index is 12.8. The molecular formula is C22H26N2O4S. The molecule has 0 aliphatic heterocycles. The third-order valence-electron chi connectivity index (χ3n) is 5.37. The summed E-state index contributed by atoms with van der Waals surface area (Å²) in [4.78, 5) is 40.2. The van der Waals surface area contributed by atoms with Crippen molar-refractivity contribution in [1.29, 1.82) is 0 Å². The van der Waals surface area contributed by atoms with E-state index < -0.39 is 5.97 Å². The molecule has 3 rings (SSSR count). The first kappa shape index (κ1) is 21.0. The number of anilines is 1. The molecule has 0 unspecified atom stereocenters. The van der Waals surface area contributed by atoms with E-state index in [1.165, 1.54) is 7.11 Å². The van der Waals surface area contributed by atoms with Crippen LogP contribution in [0.15, 0.2) is 30.3 Å². The molecule has 0 spiro atoms. The second-order valence-corrected chi connectivity index (χ2v) is 8.10. The van der Waals surface area contributed by atoms with Crippen LogP contribution in [0.3, 0.4) is 0 Å². The largest absolute Gasteiger partial charge is 0.465 e. The third kappa shape index (κ3) is 4.19. The molecule has 1 aromatic carbocycles. The minimum absolute atomic E-state index is 0.132. The first-order valence-corrected chi connectivity index (χ1v) is 10.6. The fourth-order valence-corrected chi connectivity index (χ4v) is 4.73. The molecule has 1 saturated carbocycles. The highest BCUT2D eigenvalue weighted by Gasteiger charge is 2.44. The van der Waals surface area contributed by atoms with Gasteiger partial charge < -0.3 is 15.0 Å². The van der Waals surface area contributed by atoms with Gasteiger partial charge >= 0.3 is 5.97 Å². The lowest BCUT2D eigenvalue weighted by molar-refractivity contribution is -0.117. The number of nitrogens with one attached hydrogen (secondary N) is 1. The molecule has 0 radical (unpaired) electrons. The number of benzene rings is 1. The standard InChI is InChI=1S/C22H26N2O4S/c1-5-24(6-2)21(26)18-13(3)17(22(27)28-4)20(29-18)23-19(25)16-12-15(16)14-10-8-7-9-11-14/h7-11,15-16H,5-6,12H2,1-4H3,(H,23,25)/t15-,16+/m0/s1. The maximum absolute atomic E-state index is 12.8. The fourth-order valence-electron chi connectivity index (χ4n) is 3.57. The monoisotopic (exact) mass is 414 g/mol. The Morgan fingerprint density at radius 2 is 1.83 bits per heavy atom.